The lowest BCUT2D eigenvalue weighted by Crippen LogP contribution is -2.33. The average Bonchev–Trinajstić information content (AvgIpc) is 3.10. The Labute approximate surface area is 282 Å². The third-order valence-electron chi connectivity index (χ3n) is 9.35. The van der Waals surface area contributed by atoms with Crippen LogP contribution in [0.3, 0.4) is 0 Å². The monoisotopic (exact) mass is 643 g/mol. The van der Waals surface area contributed by atoms with Crippen LogP contribution in [0.5, 0.6) is 5.75 Å². The normalized spacial score (nSPS) is 14.7. The van der Waals surface area contributed by atoms with Crippen LogP contribution in [0.25, 0.3) is 0 Å². The Hall–Kier alpha value is -3.94. The molecule has 0 aliphatic carbocycles. The summed E-state index contributed by atoms with van der Waals surface area (Å²) in [4.78, 5) is 2.42. The van der Waals surface area contributed by atoms with Crippen LogP contribution >= 0.6 is 8.58 Å². The van der Waals surface area contributed by atoms with Crippen molar-refractivity contribution in [1.29, 1.82) is 0 Å². The summed E-state index contributed by atoms with van der Waals surface area (Å²) in [6.07, 6.45) is 7.26. The molecule has 242 valence electrons. The highest BCUT2D eigenvalue weighted by Gasteiger charge is 2.33. The summed E-state index contributed by atoms with van der Waals surface area (Å²) in [6, 6.07) is 42.2. The molecule has 0 spiro atoms. The highest BCUT2D eigenvalue weighted by atomic mass is 31.1. The lowest BCUT2D eigenvalue weighted by Gasteiger charge is -2.36. The Morgan fingerprint density at radius 2 is 1.32 bits per heavy atom. The third-order valence-corrected chi connectivity index (χ3v) is 11.1. The first-order valence-electron chi connectivity index (χ1n) is 17.2. The number of piperidine rings is 1. The van der Waals surface area contributed by atoms with E-state index in [2.05, 4.69) is 128 Å². The molecule has 2 atom stereocenters. The number of halogens is 1. The number of rotatable bonds is 13. The Balaban J connectivity index is 1.49. The van der Waals surface area contributed by atoms with Crippen molar-refractivity contribution in [2.75, 3.05) is 18.0 Å². The summed E-state index contributed by atoms with van der Waals surface area (Å²) < 4.78 is 21.8. The number of benzene rings is 5. The molecule has 0 N–H and O–H groups in total. The van der Waals surface area contributed by atoms with Crippen molar-refractivity contribution in [3.63, 3.8) is 0 Å². The van der Waals surface area contributed by atoms with E-state index in [1.807, 2.05) is 0 Å². The fraction of sp³-hybridized carbons (Fsp3) is 0.302. The molecule has 0 saturated carbocycles. The van der Waals surface area contributed by atoms with Gasteiger partial charge < -0.3 is 9.64 Å². The molecule has 0 amide bonds. The molecule has 2 nitrogen and oxygen atoms in total. The summed E-state index contributed by atoms with van der Waals surface area (Å²) in [5, 5.41) is 1.04. The zero-order valence-corrected chi connectivity index (χ0v) is 28.9. The number of ether oxygens (including phenoxy) is 1. The van der Waals surface area contributed by atoms with Gasteiger partial charge in [-0.1, -0.05) is 132 Å². The van der Waals surface area contributed by atoms with Gasteiger partial charge in [0, 0.05) is 35.9 Å². The van der Waals surface area contributed by atoms with E-state index in [0.717, 1.165) is 68.6 Å². The van der Waals surface area contributed by atoms with Gasteiger partial charge in [0.1, 0.15) is 18.2 Å². The summed E-state index contributed by atoms with van der Waals surface area (Å²) >= 11 is 0. The second-order valence-electron chi connectivity index (χ2n) is 13.1. The summed E-state index contributed by atoms with van der Waals surface area (Å²) in [5.41, 5.74) is 8.58. The summed E-state index contributed by atoms with van der Waals surface area (Å²) in [7, 11) is 0.460. The van der Waals surface area contributed by atoms with E-state index in [0.29, 0.717) is 15.2 Å². The molecule has 1 aliphatic heterocycles. The number of nitrogens with zero attached hydrogens (tertiary/aromatic N) is 1. The van der Waals surface area contributed by atoms with Gasteiger partial charge in [-0.3, -0.25) is 0 Å². The maximum atomic E-state index is 14.8. The van der Waals surface area contributed by atoms with E-state index in [1.54, 1.807) is 12.1 Å². The van der Waals surface area contributed by atoms with Crippen molar-refractivity contribution in [2.45, 2.75) is 70.6 Å². The zero-order chi connectivity index (χ0) is 32.5. The van der Waals surface area contributed by atoms with Gasteiger partial charge in [-0.15, -0.1) is 0 Å². The first kappa shape index (κ1) is 33.0. The molecule has 47 heavy (non-hydrogen) atoms. The molecule has 4 heteroatoms. The van der Waals surface area contributed by atoms with Crippen LogP contribution in [-0.4, -0.2) is 13.1 Å². The van der Waals surface area contributed by atoms with Crippen LogP contribution in [0.2, 0.25) is 0 Å². The molecule has 1 fully saturated rings. The minimum atomic E-state index is -0.207. The molecule has 1 aliphatic rings. The molecular formula is C43H47FNOP. The van der Waals surface area contributed by atoms with E-state index >= 15 is 0 Å². The van der Waals surface area contributed by atoms with Gasteiger partial charge in [-0.05, 0) is 83.4 Å². The quantitative estimate of drug-likeness (QED) is 0.118. The van der Waals surface area contributed by atoms with Crippen LogP contribution in [0, 0.1) is 5.82 Å². The van der Waals surface area contributed by atoms with E-state index in [9.17, 15) is 4.39 Å². The fourth-order valence-electron chi connectivity index (χ4n) is 7.01. The first-order valence-corrected chi connectivity index (χ1v) is 18.2. The molecule has 1 saturated heterocycles. The summed E-state index contributed by atoms with van der Waals surface area (Å²) in [5.74, 6) is 0.845. The van der Waals surface area contributed by atoms with Crippen molar-refractivity contribution in [1.82, 2.24) is 0 Å². The van der Waals surface area contributed by atoms with Gasteiger partial charge >= 0.3 is 0 Å². The van der Waals surface area contributed by atoms with E-state index in [-0.39, 0.29) is 11.0 Å². The van der Waals surface area contributed by atoms with Gasteiger partial charge in [0.15, 0.2) is 0 Å². The van der Waals surface area contributed by atoms with Gasteiger partial charge in [0.25, 0.3) is 0 Å². The van der Waals surface area contributed by atoms with Gasteiger partial charge in [-0.25, -0.2) is 4.39 Å². The average molecular weight is 644 g/mol. The van der Waals surface area contributed by atoms with Crippen molar-refractivity contribution in [3.05, 3.63) is 161 Å². The molecule has 6 rings (SSSR count). The lowest BCUT2D eigenvalue weighted by atomic mass is 9.87. The standard InChI is InChI=1S/C43H47FNOP/c1-3-24-43(2,47-41-23-22-38(44)31-40(41)45-25-14-7-15-26-45)39-30-36(27-33-16-8-4-9-17-33)29-37(28-34-18-10-5-11-19-34)42(39)46-32-35-20-12-6-13-21-35/h4-6,8-13,16-23,29-31,47H,3,7,14-15,24-28,32H2,1-2H3. The molecule has 1 heterocycles. The number of hydrogen-bond acceptors (Lipinski definition) is 2. The van der Waals surface area contributed by atoms with Crippen LogP contribution < -0.4 is 14.9 Å². The van der Waals surface area contributed by atoms with Crippen molar-refractivity contribution >= 4 is 19.6 Å². The Morgan fingerprint density at radius 1 is 0.702 bits per heavy atom. The van der Waals surface area contributed by atoms with Crippen LogP contribution in [0.4, 0.5) is 10.1 Å². The van der Waals surface area contributed by atoms with E-state index in [4.69, 9.17) is 4.74 Å². The number of hydrogen-bond donors (Lipinski definition) is 0. The predicted octanol–water partition coefficient (Wildman–Crippen LogP) is 10.6. The second kappa shape index (κ2) is 15.8. The Morgan fingerprint density at radius 3 is 1.96 bits per heavy atom. The Bertz CT molecular complexity index is 1720. The molecule has 2 unspecified atom stereocenters. The maximum absolute atomic E-state index is 14.8. The largest absolute Gasteiger partial charge is 0.488 e. The molecule has 0 aromatic heterocycles. The van der Waals surface area contributed by atoms with Crippen LogP contribution in [0.1, 0.15) is 79.3 Å². The lowest BCUT2D eigenvalue weighted by molar-refractivity contribution is 0.296. The van der Waals surface area contributed by atoms with Crippen LogP contribution in [-0.2, 0) is 24.6 Å². The molecule has 0 radical (unpaired) electrons. The molecular weight excluding hydrogens is 596 g/mol. The van der Waals surface area contributed by atoms with Crippen molar-refractivity contribution < 1.29 is 9.13 Å². The van der Waals surface area contributed by atoms with Gasteiger partial charge in [0.05, 0.1) is 0 Å². The third kappa shape index (κ3) is 8.51. The van der Waals surface area contributed by atoms with Gasteiger partial charge in [-0.2, -0.15) is 0 Å². The maximum Gasteiger partial charge on any atom is 0.127 e. The first-order chi connectivity index (χ1) is 23.0. The predicted molar refractivity (Wildman–Crippen MR) is 198 cm³/mol. The highest BCUT2D eigenvalue weighted by molar-refractivity contribution is 7.49. The minimum absolute atomic E-state index is 0.154. The van der Waals surface area contributed by atoms with Gasteiger partial charge in [0.2, 0.25) is 0 Å². The SMILES string of the molecule is CCCC(C)(Pc1ccc(F)cc1N1CCCCC1)c1cc(Cc2ccccc2)cc(Cc2ccccc2)c1OCc1ccccc1. The molecule has 5 aromatic carbocycles. The smallest absolute Gasteiger partial charge is 0.127 e. The van der Waals surface area contributed by atoms with Crippen molar-refractivity contribution in [2.24, 2.45) is 0 Å². The second-order valence-corrected chi connectivity index (χ2v) is 15.0. The summed E-state index contributed by atoms with van der Waals surface area (Å²) in [6.45, 7) is 7.19. The van der Waals surface area contributed by atoms with E-state index in [1.165, 1.54) is 39.5 Å². The van der Waals surface area contributed by atoms with Crippen molar-refractivity contribution in [3.8, 4) is 5.75 Å². The van der Waals surface area contributed by atoms with Crippen LogP contribution in [0.15, 0.2) is 121 Å². The molecule has 5 aromatic rings. The minimum Gasteiger partial charge on any atom is -0.488 e. The highest BCUT2D eigenvalue weighted by Crippen LogP contribution is 2.51. The zero-order valence-electron chi connectivity index (χ0n) is 27.9. The number of anilines is 1. The fourth-order valence-corrected chi connectivity index (χ4v) is 8.83. The van der Waals surface area contributed by atoms with E-state index < -0.39 is 0 Å². The molecule has 0 bridgehead atoms. The topological polar surface area (TPSA) is 12.5 Å². The Kier molecular flexibility index (Phi) is 11.1.